The van der Waals surface area contributed by atoms with Crippen molar-refractivity contribution in [3.8, 4) is 0 Å². The predicted molar refractivity (Wildman–Crippen MR) is 74.2 cm³/mol. The van der Waals surface area contributed by atoms with E-state index in [0.717, 1.165) is 19.3 Å². The number of hydrogen-bond acceptors (Lipinski definition) is 1. The first kappa shape index (κ1) is 14.7. The van der Waals surface area contributed by atoms with E-state index >= 15 is 0 Å². The highest BCUT2D eigenvalue weighted by Gasteiger charge is 2.15. The molecule has 0 spiro atoms. The van der Waals surface area contributed by atoms with Crippen LogP contribution in [0, 0.1) is 5.92 Å². The molecule has 1 nitrogen and oxygen atoms in total. The molecule has 0 aromatic rings. The predicted octanol–water partition coefficient (Wildman–Crippen LogP) is 5.28. The van der Waals surface area contributed by atoms with Crippen molar-refractivity contribution < 1.29 is 4.79 Å². The summed E-state index contributed by atoms with van der Waals surface area (Å²) in [5.74, 6) is 1.25. The molecule has 1 atom stereocenters. The van der Waals surface area contributed by atoms with E-state index in [1.54, 1.807) is 0 Å². The highest BCUT2D eigenvalue weighted by molar-refractivity contribution is 5.78. The van der Waals surface area contributed by atoms with Gasteiger partial charge in [-0.05, 0) is 12.3 Å². The first-order valence-corrected chi connectivity index (χ1v) is 7.84. The van der Waals surface area contributed by atoms with Crippen molar-refractivity contribution in [1.29, 1.82) is 0 Å². The molecule has 0 aromatic carbocycles. The van der Waals surface area contributed by atoms with Crippen LogP contribution in [0.15, 0.2) is 0 Å². The van der Waals surface area contributed by atoms with E-state index in [0.29, 0.717) is 11.7 Å². The van der Waals surface area contributed by atoms with Crippen LogP contribution in [0.2, 0.25) is 0 Å². The van der Waals surface area contributed by atoms with Gasteiger partial charge in [0.05, 0.1) is 0 Å². The second kappa shape index (κ2) is 9.67. The molecular weight excluding hydrogens is 208 g/mol. The number of unbranched alkanes of at least 4 members (excludes halogenated alkanes) is 5. The number of Topliss-reactive ketones (excluding diaryl/α,β-unsaturated/α-hetero) is 1. The van der Waals surface area contributed by atoms with E-state index in [-0.39, 0.29) is 0 Å². The van der Waals surface area contributed by atoms with Crippen molar-refractivity contribution in [3.63, 3.8) is 0 Å². The Morgan fingerprint density at radius 3 is 2.59 bits per heavy atom. The summed E-state index contributed by atoms with van der Waals surface area (Å²) < 4.78 is 0. The summed E-state index contributed by atoms with van der Waals surface area (Å²) in [6.45, 7) is 2.26. The summed E-state index contributed by atoms with van der Waals surface area (Å²) in [7, 11) is 0. The van der Waals surface area contributed by atoms with Gasteiger partial charge in [-0.3, -0.25) is 4.79 Å². The quantitative estimate of drug-likeness (QED) is 0.552. The molecule has 0 bridgehead atoms. The highest BCUT2D eigenvalue weighted by atomic mass is 16.1. The molecule has 0 heterocycles. The number of rotatable bonds is 7. The minimum absolute atomic E-state index is 0.528. The Balaban J connectivity index is 2.05. The zero-order chi connectivity index (χ0) is 12.3. The van der Waals surface area contributed by atoms with Crippen LogP contribution < -0.4 is 0 Å². The molecule has 0 N–H and O–H groups in total. The molecule has 0 radical (unpaired) electrons. The lowest BCUT2D eigenvalue weighted by atomic mass is 9.87. The van der Waals surface area contributed by atoms with Crippen molar-refractivity contribution in [2.45, 2.75) is 90.4 Å². The molecule has 0 amide bonds. The van der Waals surface area contributed by atoms with Gasteiger partial charge in [0.25, 0.3) is 0 Å². The molecule has 1 aliphatic carbocycles. The van der Waals surface area contributed by atoms with Crippen molar-refractivity contribution in [3.05, 3.63) is 0 Å². The van der Waals surface area contributed by atoms with Gasteiger partial charge in [0.2, 0.25) is 0 Å². The summed E-state index contributed by atoms with van der Waals surface area (Å²) in [4.78, 5) is 11.6. The monoisotopic (exact) mass is 238 g/mol. The first-order chi connectivity index (χ1) is 8.33. The summed E-state index contributed by atoms with van der Waals surface area (Å²) >= 11 is 0. The molecule has 1 saturated carbocycles. The Morgan fingerprint density at radius 2 is 1.76 bits per heavy atom. The van der Waals surface area contributed by atoms with Crippen molar-refractivity contribution in [2.24, 2.45) is 5.92 Å². The standard InChI is InChI=1S/C16H30O/c1-2-3-4-5-6-8-11-15-12-9-7-10-13-16(17)14-15/h15H,2-14H2,1H3. The van der Waals surface area contributed by atoms with Crippen LogP contribution in [-0.4, -0.2) is 5.78 Å². The maximum absolute atomic E-state index is 11.6. The van der Waals surface area contributed by atoms with Crippen LogP contribution >= 0.6 is 0 Å². The molecule has 1 heteroatoms. The molecule has 1 fully saturated rings. The lowest BCUT2D eigenvalue weighted by Gasteiger charge is -2.18. The van der Waals surface area contributed by atoms with Gasteiger partial charge in [-0.2, -0.15) is 0 Å². The molecule has 0 aromatic heterocycles. The lowest BCUT2D eigenvalue weighted by molar-refractivity contribution is -0.120. The minimum Gasteiger partial charge on any atom is -0.300 e. The Kier molecular flexibility index (Phi) is 8.38. The number of carbonyl (C=O) groups excluding carboxylic acids is 1. The number of hydrogen-bond donors (Lipinski definition) is 0. The Labute approximate surface area is 107 Å². The molecular formula is C16H30O. The largest absolute Gasteiger partial charge is 0.300 e. The lowest BCUT2D eigenvalue weighted by Crippen LogP contribution is -2.11. The highest BCUT2D eigenvalue weighted by Crippen LogP contribution is 2.25. The van der Waals surface area contributed by atoms with Crippen LogP contribution in [0.1, 0.15) is 90.4 Å². The SMILES string of the molecule is CCCCCCCCC1CCCCCC(=O)C1. The van der Waals surface area contributed by atoms with Crippen LogP contribution in [0.4, 0.5) is 0 Å². The molecule has 17 heavy (non-hydrogen) atoms. The van der Waals surface area contributed by atoms with Gasteiger partial charge in [-0.1, -0.05) is 71.1 Å². The number of carbonyl (C=O) groups is 1. The van der Waals surface area contributed by atoms with E-state index in [2.05, 4.69) is 6.92 Å². The first-order valence-electron chi connectivity index (χ1n) is 7.84. The second-order valence-corrected chi connectivity index (χ2v) is 5.76. The van der Waals surface area contributed by atoms with Gasteiger partial charge in [0.15, 0.2) is 0 Å². The fourth-order valence-electron chi connectivity index (χ4n) is 2.92. The smallest absolute Gasteiger partial charge is 0.133 e. The van der Waals surface area contributed by atoms with Crippen LogP contribution in [0.5, 0.6) is 0 Å². The van der Waals surface area contributed by atoms with Crippen LogP contribution in [-0.2, 0) is 4.79 Å². The third-order valence-corrected chi connectivity index (χ3v) is 4.05. The zero-order valence-electron chi connectivity index (χ0n) is 11.7. The minimum atomic E-state index is 0.528. The third kappa shape index (κ3) is 7.57. The molecule has 0 aliphatic heterocycles. The molecule has 1 aliphatic rings. The van der Waals surface area contributed by atoms with Gasteiger partial charge < -0.3 is 0 Å². The normalized spacial score (nSPS) is 22.2. The second-order valence-electron chi connectivity index (χ2n) is 5.76. The van der Waals surface area contributed by atoms with E-state index in [9.17, 15) is 4.79 Å². The van der Waals surface area contributed by atoms with Crippen LogP contribution in [0.3, 0.4) is 0 Å². The van der Waals surface area contributed by atoms with Gasteiger partial charge in [-0.25, -0.2) is 0 Å². The Bertz CT molecular complexity index is 198. The summed E-state index contributed by atoms with van der Waals surface area (Å²) in [5.41, 5.74) is 0. The molecule has 1 unspecified atom stereocenters. The van der Waals surface area contributed by atoms with E-state index < -0.39 is 0 Å². The van der Waals surface area contributed by atoms with E-state index in [4.69, 9.17) is 0 Å². The zero-order valence-corrected chi connectivity index (χ0v) is 11.7. The van der Waals surface area contributed by atoms with Crippen molar-refractivity contribution in [2.75, 3.05) is 0 Å². The fraction of sp³-hybridized carbons (Fsp3) is 0.938. The van der Waals surface area contributed by atoms with Gasteiger partial charge in [0.1, 0.15) is 5.78 Å². The topological polar surface area (TPSA) is 17.1 Å². The third-order valence-electron chi connectivity index (χ3n) is 4.05. The number of ketones is 1. The molecule has 100 valence electrons. The Morgan fingerprint density at radius 1 is 1.00 bits per heavy atom. The average Bonchev–Trinajstić information content (AvgIpc) is 2.29. The van der Waals surface area contributed by atoms with E-state index in [1.165, 1.54) is 64.2 Å². The summed E-state index contributed by atoms with van der Waals surface area (Å²) in [6, 6.07) is 0. The van der Waals surface area contributed by atoms with Crippen molar-refractivity contribution in [1.82, 2.24) is 0 Å². The fourth-order valence-corrected chi connectivity index (χ4v) is 2.92. The average molecular weight is 238 g/mol. The van der Waals surface area contributed by atoms with Gasteiger partial charge >= 0.3 is 0 Å². The maximum Gasteiger partial charge on any atom is 0.133 e. The van der Waals surface area contributed by atoms with Crippen molar-refractivity contribution >= 4 is 5.78 Å². The van der Waals surface area contributed by atoms with Gasteiger partial charge in [0, 0.05) is 12.8 Å². The molecule has 1 rings (SSSR count). The summed E-state index contributed by atoms with van der Waals surface area (Å²) in [5, 5.41) is 0. The molecule has 0 saturated heterocycles. The van der Waals surface area contributed by atoms with Gasteiger partial charge in [-0.15, -0.1) is 0 Å². The van der Waals surface area contributed by atoms with E-state index in [1.807, 2.05) is 0 Å². The maximum atomic E-state index is 11.6. The van der Waals surface area contributed by atoms with Crippen LogP contribution in [0.25, 0.3) is 0 Å². The summed E-state index contributed by atoms with van der Waals surface area (Å²) in [6.07, 6.45) is 16.4. The Hall–Kier alpha value is -0.330.